The molecule has 1 heterocycles. The van der Waals surface area contributed by atoms with Crippen LogP contribution in [0.15, 0.2) is 54.9 Å². The molecule has 0 N–H and O–H groups in total. The van der Waals surface area contributed by atoms with Crippen LogP contribution in [0.4, 0.5) is 0 Å². The van der Waals surface area contributed by atoms with Gasteiger partial charge in [0.1, 0.15) is 12.4 Å². The number of para-hydroxylation sites is 1. The van der Waals surface area contributed by atoms with Crippen LogP contribution in [0.3, 0.4) is 0 Å². The predicted molar refractivity (Wildman–Crippen MR) is 72.5 cm³/mol. The van der Waals surface area contributed by atoms with E-state index in [1.165, 1.54) is 5.56 Å². The van der Waals surface area contributed by atoms with Crippen molar-refractivity contribution < 1.29 is 4.74 Å². The minimum absolute atomic E-state index is 0.695. The third-order valence-electron chi connectivity index (χ3n) is 2.66. The van der Waals surface area contributed by atoms with Gasteiger partial charge in [0, 0.05) is 25.5 Å². The third-order valence-corrected chi connectivity index (χ3v) is 2.66. The third kappa shape index (κ3) is 4.18. The Bertz CT molecular complexity index is 445. The van der Waals surface area contributed by atoms with Gasteiger partial charge in [-0.2, -0.15) is 0 Å². The monoisotopic (exact) mass is 242 g/mol. The molecule has 18 heavy (non-hydrogen) atoms. The van der Waals surface area contributed by atoms with Crippen LogP contribution >= 0.6 is 0 Å². The van der Waals surface area contributed by atoms with Crippen LogP contribution in [0.1, 0.15) is 5.56 Å². The van der Waals surface area contributed by atoms with Crippen molar-refractivity contribution in [3.05, 3.63) is 60.4 Å². The highest BCUT2D eigenvalue weighted by molar-refractivity contribution is 5.20. The van der Waals surface area contributed by atoms with Gasteiger partial charge >= 0.3 is 0 Å². The fraction of sp³-hybridized carbons (Fsp3) is 0.267. The topological polar surface area (TPSA) is 25.4 Å². The van der Waals surface area contributed by atoms with Gasteiger partial charge in [-0.15, -0.1) is 0 Å². The molecule has 0 bridgehead atoms. The number of aromatic nitrogens is 1. The predicted octanol–water partition coefficient (Wildman–Crippen LogP) is 2.59. The van der Waals surface area contributed by atoms with Crippen molar-refractivity contribution in [2.45, 2.75) is 6.54 Å². The van der Waals surface area contributed by atoms with Crippen molar-refractivity contribution >= 4 is 0 Å². The second kappa shape index (κ2) is 6.77. The van der Waals surface area contributed by atoms with Crippen LogP contribution in [0.25, 0.3) is 0 Å². The fourth-order valence-corrected chi connectivity index (χ4v) is 1.72. The van der Waals surface area contributed by atoms with E-state index in [9.17, 15) is 0 Å². The standard InChI is InChI=1S/C15H18N2O/c1-17(13-14-6-5-9-16-12-14)10-11-18-15-7-3-2-4-8-15/h2-9,12H,10-11,13H2,1H3. The van der Waals surface area contributed by atoms with Gasteiger partial charge in [0.05, 0.1) is 0 Å². The van der Waals surface area contributed by atoms with Gasteiger partial charge in [-0.3, -0.25) is 9.88 Å². The zero-order chi connectivity index (χ0) is 12.6. The number of hydrogen-bond donors (Lipinski definition) is 0. The quantitative estimate of drug-likeness (QED) is 0.778. The highest BCUT2D eigenvalue weighted by Gasteiger charge is 2.00. The van der Waals surface area contributed by atoms with Gasteiger partial charge in [-0.1, -0.05) is 24.3 Å². The SMILES string of the molecule is CN(CCOc1ccccc1)Cc1cccnc1. The Morgan fingerprint density at radius 2 is 1.94 bits per heavy atom. The molecule has 1 aromatic heterocycles. The molecule has 0 amide bonds. The number of likely N-dealkylation sites (N-methyl/N-ethyl adjacent to an activating group) is 1. The van der Waals surface area contributed by atoms with Gasteiger partial charge in [-0.25, -0.2) is 0 Å². The number of pyridine rings is 1. The molecule has 0 aliphatic rings. The molecule has 0 radical (unpaired) electrons. The van der Waals surface area contributed by atoms with Crippen molar-refractivity contribution in [2.75, 3.05) is 20.2 Å². The Morgan fingerprint density at radius 1 is 1.11 bits per heavy atom. The lowest BCUT2D eigenvalue weighted by molar-refractivity contribution is 0.232. The summed E-state index contributed by atoms with van der Waals surface area (Å²) in [5.41, 5.74) is 1.22. The van der Waals surface area contributed by atoms with Gasteiger partial charge in [-0.05, 0) is 30.8 Å². The number of nitrogens with zero attached hydrogens (tertiary/aromatic N) is 2. The zero-order valence-electron chi connectivity index (χ0n) is 10.6. The molecule has 2 aromatic rings. The maximum Gasteiger partial charge on any atom is 0.119 e. The smallest absolute Gasteiger partial charge is 0.119 e. The molecule has 0 atom stereocenters. The minimum atomic E-state index is 0.695. The Labute approximate surface area is 108 Å². The van der Waals surface area contributed by atoms with Crippen molar-refractivity contribution in [1.82, 2.24) is 9.88 Å². The summed E-state index contributed by atoms with van der Waals surface area (Å²) in [7, 11) is 2.08. The molecule has 3 nitrogen and oxygen atoms in total. The van der Waals surface area contributed by atoms with E-state index in [1.807, 2.05) is 42.6 Å². The average Bonchev–Trinajstić information content (AvgIpc) is 2.41. The molecule has 0 saturated heterocycles. The molecule has 2 rings (SSSR count). The molecular weight excluding hydrogens is 224 g/mol. The maximum absolute atomic E-state index is 5.66. The van der Waals surface area contributed by atoms with Gasteiger partial charge in [0.2, 0.25) is 0 Å². The van der Waals surface area contributed by atoms with Crippen LogP contribution in [0.2, 0.25) is 0 Å². The van der Waals surface area contributed by atoms with Gasteiger partial charge in [0.15, 0.2) is 0 Å². The van der Waals surface area contributed by atoms with Crippen LogP contribution < -0.4 is 4.74 Å². The van der Waals surface area contributed by atoms with Crippen LogP contribution in [0, 0.1) is 0 Å². The lowest BCUT2D eigenvalue weighted by Crippen LogP contribution is -2.23. The number of rotatable bonds is 6. The molecule has 0 unspecified atom stereocenters. The second-order valence-electron chi connectivity index (χ2n) is 4.26. The lowest BCUT2D eigenvalue weighted by Gasteiger charge is -2.16. The Morgan fingerprint density at radius 3 is 2.67 bits per heavy atom. The number of benzene rings is 1. The molecule has 94 valence electrons. The molecule has 0 spiro atoms. The van der Waals surface area contributed by atoms with Crippen molar-refractivity contribution in [3.8, 4) is 5.75 Å². The number of ether oxygens (including phenoxy) is 1. The van der Waals surface area contributed by atoms with E-state index >= 15 is 0 Å². The fourth-order valence-electron chi connectivity index (χ4n) is 1.72. The highest BCUT2D eigenvalue weighted by Crippen LogP contribution is 2.08. The molecule has 3 heteroatoms. The summed E-state index contributed by atoms with van der Waals surface area (Å²) in [5, 5.41) is 0. The van der Waals surface area contributed by atoms with Gasteiger partial charge in [0.25, 0.3) is 0 Å². The van der Waals surface area contributed by atoms with Crippen molar-refractivity contribution in [3.63, 3.8) is 0 Å². The summed E-state index contributed by atoms with van der Waals surface area (Å²) in [6.07, 6.45) is 3.69. The number of hydrogen-bond acceptors (Lipinski definition) is 3. The lowest BCUT2D eigenvalue weighted by atomic mass is 10.3. The van der Waals surface area contributed by atoms with Crippen molar-refractivity contribution in [2.24, 2.45) is 0 Å². The van der Waals surface area contributed by atoms with E-state index in [0.29, 0.717) is 6.61 Å². The van der Waals surface area contributed by atoms with Crippen LogP contribution in [-0.2, 0) is 6.54 Å². The normalized spacial score (nSPS) is 10.6. The van der Waals surface area contributed by atoms with E-state index in [2.05, 4.69) is 23.0 Å². The molecule has 0 saturated carbocycles. The molecule has 0 aliphatic carbocycles. The maximum atomic E-state index is 5.66. The summed E-state index contributed by atoms with van der Waals surface area (Å²) in [6, 6.07) is 13.9. The summed E-state index contributed by atoms with van der Waals surface area (Å²) in [6.45, 7) is 2.48. The van der Waals surface area contributed by atoms with E-state index < -0.39 is 0 Å². The minimum Gasteiger partial charge on any atom is -0.492 e. The van der Waals surface area contributed by atoms with Crippen LogP contribution in [0.5, 0.6) is 5.75 Å². The van der Waals surface area contributed by atoms with E-state index in [1.54, 1.807) is 6.20 Å². The first-order valence-corrected chi connectivity index (χ1v) is 6.10. The summed E-state index contributed by atoms with van der Waals surface area (Å²) >= 11 is 0. The Hall–Kier alpha value is -1.87. The zero-order valence-corrected chi connectivity index (χ0v) is 10.6. The summed E-state index contributed by atoms with van der Waals surface area (Å²) in [5.74, 6) is 0.923. The first kappa shape index (κ1) is 12.6. The highest BCUT2D eigenvalue weighted by atomic mass is 16.5. The molecular formula is C15H18N2O. The van der Waals surface area contributed by atoms with Gasteiger partial charge < -0.3 is 4.74 Å². The first-order valence-electron chi connectivity index (χ1n) is 6.10. The first-order chi connectivity index (χ1) is 8.84. The second-order valence-corrected chi connectivity index (χ2v) is 4.26. The van der Waals surface area contributed by atoms with E-state index in [0.717, 1.165) is 18.8 Å². The Balaban J connectivity index is 1.71. The summed E-state index contributed by atoms with van der Waals surface area (Å²) < 4.78 is 5.66. The molecule has 0 fully saturated rings. The molecule has 1 aromatic carbocycles. The van der Waals surface area contributed by atoms with Crippen molar-refractivity contribution in [1.29, 1.82) is 0 Å². The average molecular weight is 242 g/mol. The van der Waals surface area contributed by atoms with Crippen LogP contribution in [-0.4, -0.2) is 30.1 Å². The molecule has 0 aliphatic heterocycles. The van der Waals surface area contributed by atoms with E-state index in [4.69, 9.17) is 4.74 Å². The van der Waals surface area contributed by atoms with E-state index in [-0.39, 0.29) is 0 Å². The largest absolute Gasteiger partial charge is 0.492 e. The Kier molecular flexibility index (Phi) is 4.73. The summed E-state index contributed by atoms with van der Waals surface area (Å²) in [4.78, 5) is 6.33.